The highest BCUT2D eigenvalue weighted by Gasteiger charge is 2.16. The number of benzene rings is 1. The Kier molecular flexibility index (Phi) is 3.51. The van der Waals surface area contributed by atoms with Gasteiger partial charge in [-0.25, -0.2) is 0 Å². The summed E-state index contributed by atoms with van der Waals surface area (Å²) in [5, 5.41) is 16.4. The molecule has 0 saturated carbocycles. The number of carbonyl (C=O) groups is 1. The molecule has 7 nitrogen and oxygen atoms in total. The van der Waals surface area contributed by atoms with Gasteiger partial charge in [0, 0.05) is 17.7 Å². The molecule has 19 heavy (non-hydrogen) atoms. The number of nitro benzene ring substituents is 1. The summed E-state index contributed by atoms with van der Waals surface area (Å²) in [6.45, 7) is 0.0947. The van der Waals surface area contributed by atoms with Gasteiger partial charge in [-0.05, 0) is 12.1 Å². The van der Waals surface area contributed by atoms with E-state index in [1.165, 1.54) is 12.3 Å². The summed E-state index contributed by atoms with van der Waals surface area (Å²) in [7, 11) is 0. The van der Waals surface area contributed by atoms with E-state index in [-0.39, 0.29) is 12.1 Å². The predicted octanol–water partition coefficient (Wildman–Crippen LogP) is 1.65. The molecule has 1 N–H and O–H groups in total. The first-order chi connectivity index (χ1) is 9.08. The van der Waals surface area contributed by atoms with E-state index >= 15 is 0 Å². The van der Waals surface area contributed by atoms with Crippen molar-refractivity contribution in [3.8, 4) is 0 Å². The molecule has 0 spiro atoms. The maximum atomic E-state index is 13.3. The molecule has 2 rings (SSSR count). The van der Waals surface area contributed by atoms with Crippen LogP contribution in [0.5, 0.6) is 0 Å². The van der Waals surface area contributed by atoms with Crippen LogP contribution in [0.1, 0.15) is 16.1 Å². The van der Waals surface area contributed by atoms with Crippen LogP contribution in [0, 0.1) is 15.9 Å². The molecule has 0 fully saturated rings. The van der Waals surface area contributed by atoms with Gasteiger partial charge >= 0.3 is 5.69 Å². The van der Waals surface area contributed by atoms with Crippen LogP contribution < -0.4 is 5.32 Å². The average molecular weight is 265 g/mol. The number of hydrogen-bond donors (Lipinski definition) is 1. The Morgan fingerprint density at radius 2 is 2.26 bits per heavy atom. The van der Waals surface area contributed by atoms with Crippen molar-refractivity contribution in [1.29, 1.82) is 0 Å². The lowest BCUT2D eigenvalue weighted by molar-refractivity contribution is -0.387. The number of nitrogens with zero attached hydrogens (tertiary/aromatic N) is 2. The molecule has 0 saturated heterocycles. The second kappa shape index (κ2) is 5.25. The molecule has 0 aliphatic rings. The fourth-order valence-electron chi connectivity index (χ4n) is 1.40. The Hall–Kier alpha value is -2.77. The van der Waals surface area contributed by atoms with Gasteiger partial charge in [0.05, 0.1) is 17.7 Å². The highest BCUT2D eigenvalue weighted by molar-refractivity contribution is 5.94. The van der Waals surface area contributed by atoms with Crippen LogP contribution >= 0.6 is 0 Å². The number of nitrogens with one attached hydrogen (secondary N) is 1. The first-order valence-electron chi connectivity index (χ1n) is 5.19. The van der Waals surface area contributed by atoms with Crippen molar-refractivity contribution in [2.24, 2.45) is 0 Å². The van der Waals surface area contributed by atoms with Crippen LogP contribution in [0.15, 0.2) is 35.0 Å². The standard InChI is InChI=1S/C11H8FN3O4/c12-9-5-7(1-2-10(9)15(17)18)11(16)13-6-8-3-4-14-19-8/h1-5H,6H2,(H,13,16). The molecule has 0 radical (unpaired) electrons. The highest BCUT2D eigenvalue weighted by Crippen LogP contribution is 2.17. The Bertz CT molecular complexity index is 612. The van der Waals surface area contributed by atoms with Gasteiger partial charge in [0.15, 0.2) is 5.76 Å². The molecule has 0 bridgehead atoms. The number of aromatic nitrogens is 1. The van der Waals surface area contributed by atoms with Gasteiger partial charge in [-0.3, -0.25) is 14.9 Å². The third kappa shape index (κ3) is 2.92. The van der Waals surface area contributed by atoms with Gasteiger partial charge in [-0.15, -0.1) is 0 Å². The topological polar surface area (TPSA) is 98.3 Å². The second-order valence-electron chi connectivity index (χ2n) is 3.58. The largest absolute Gasteiger partial charge is 0.360 e. The normalized spacial score (nSPS) is 10.2. The molecule has 0 aliphatic carbocycles. The third-order valence-corrected chi connectivity index (χ3v) is 2.32. The second-order valence-corrected chi connectivity index (χ2v) is 3.58. The molecule has 8 heteroatoms. The van der Waals surface area contributed by atoms with Gasteiger partial charge in [0.1, 0.15) is 0 Å². The number of nitro groups is 1. The van der Waals surface area contributed by atoms with Crippen molar-refractivity contribution in [2.45, 2.75) is 6.54 Å². The van der Waals surface area contributed by atoms with Crippen LogP contribution in [0.4, 0.5) is 10.1 Å². The smallest absolute Gasteiger partial charge is 0.304 e. The Labute approximate surface area is 106 Å². The van der Waals surface area contributed by atoms with E-state index in [1.54, 1.807) is 6.07 Å². The monoisotopic (exact) mass is 265 g/mol. The minimum Gasteiger partial charge on any atom is -0.360 e. The quantitative estimate of drug-likeness (QED) is 0.669. The summed E-state index contributed by atoms with van der Waals surface area (Å²) in [4.78, 5) is 21.2. The van der Waals surface area contributed by atoms with Gasteiger partial charge < -0.3 is 9.84 Å². The summed E-state index contributed by atoms with van der Waals surface area (Å²) in [5.41, 5.74) is -0.686. The fourth-order valence-corrected chi connectivity index (χ4v) is 1.40. The molecule has 0 aliphatic heterocycles. The van der Waals surface area contributed by atoms with Crippen molar-refractivity contribution in [3.05, 3.63) is 57.7 Å². The molecule has 2 aromatic rings. The van der Waals surface area contributed by atoms with Crippen LogP contribution in [0.25, 0.3) is 0 Å². The number of hydrogen-bond acceptors (Lipinski definition) is 5. The molecule has 1 aromatic carbocycles. The summed E-state index contributed by atoms with van der Waals surface area (Å²) < 4.78 is 18.1. The van der Waals surface area contributed by atoms with E-state index in [2.05, 4.69) is 10.5 Å². The van der Waals surface area contributed by atoms with Gasteiger partial charge in [-0.2, -0.15) is 4.39 Å². The van der Waals surface area contributed by atoms with Crippen molar-refractivity contribution < 1.29 is 18.6 Å². The predicted molar refractivity (Wildman–Crippen MR) is 60.7 cm³/mol. The molecule has 1 amide bonds. The zero-order valence-electron chi connectivity index (χ0n) is 9.50. The zero-order chi connectivity index (χ0) is 13.8. The average Bonchev–Trinajstić information content (AvgIpc) is 2.88. The van der Waals surface area contributed by atoms with Crippen LogP contribution in [0.3, 0.4) is 0 Å². The van der Waals surface area contributed by atoms with E-state index in [9.17, 15) is 19.3 Å². The van der Waals surface area contributed by atoms with E-state index in [4.69, 9.17) is 4.52 Å². The van der Waals surface area contributed by atoms with Crippen molar-refractivity contribution in [3.63, 3.8) is 0 Å². The van der Waals surface area contributed by atoms with E-state index < -0.39 is 22.3 Å². The molecule has 1 heterocycles. The first-order valence-corrected chi connectivity index (χ1v) is 5.19. The van der Waals surface area contributed by atoms with Gasteiger partial charge in [0.25, 0.3) is 5.91 Å². The van der Waals surface area contributed by atoms with Gasteiger partial charge in [0.2, 0.25) is 5.82 Å². The van der Waals surface area contributed by atoms with Crippen LogP contribution in [0.2, 0.25) is 0 Å². The van der Waals surface area contributed by atoms with Crippen LogP contribution in [-0.4, -0.2) is 16.0 Å². The zero-order valence-corrected chi connectivity index (χ0v) is 9.50. The Balaban J connectivity index is 2.07. The van der Waals surface area contributed by atoms with E-state index in [0.29, 0.717) is 5.76 Å². The first kappa shape index (κ1) is 12.7. The molecule has 0 unspecified atom stereocenters. The number of rotatable bonds is 4. The maximum absolute atomic E-state index is 13.3. The molecular weight excluding hydrogens is 257 g/mol. The van der Waals surface area contributed by atoms with Crippen LogP contribution in [-0.2, 0) is 6.54 Å². The SMILES string of the molecule is O=C(NCc1ccno1)c1ccc([N+](=O)[O-])c(F)c1. The Morgan fingerprint density at radius 1 is 1.47 bits per heavy atom. The number of halogens is 1. The molecule has 0 atom stereocenters. The summed E-state index contributed by atoms with van der Waals surface area (Å²) in [5.74, 6) is -1.18. The highest BCUT2D eigenvalue weighted by atomic mass is 19.1. The Morgan fingerprint density at radius 3 is 2.84 bits per heavy atom. The minimum atomic E-state index is -1.06. The number of carbonyl (C=O) groups excluding carboxylic acids is 1. The van der Waals surface area contributed by atoms with Crippen molar-refractivity contribution >= 4 is 11.6 Å². The summed E-state index contributed by atoms with van der Waals surface area (Å²) >= 11 is 0. The maximum Gasteiger partial charge on any atom is 0.304 e. The molecule has 1 aromatic heterocycles. The van der Waals surface area contributed by atoms with Gasteiger partial charge in [-0.1, -0.05) is 5.16 Å². The lowest BCUT2D eigenvalue weighted by Gasteiger charge is -2.03. The molecular formula is C11H8FN3O4. The molecule has 98 valence electrons. The minimum absolute atomic E-state index is 0.0115. The van der Waals surface area contributed by atoms with Crippen molar-refractivity contribution in [2.75, 3.05) is 0 Å². The summed E-state index contributed by atoms with van der Waals surface area (Å²) in [6, 6.07) is 4.50. The van der Waals surface area contributed by atoms with Crippen molar-refractivity contribution in [1.82, 2.24) is 10.5 Å². The fraction of sp³-hybridized carbons (Fsp3) is 0.0909. The third-order valence-electron chi connectivity index (χ3n) is 2.32. The number of amides is 1. The van der Waals surface area contributed by atoms with E-state index in [1.807, 2.05) is 0 Å². The van der Waals surface area contributed by atoms with E-state index in [0.717, 1.165) is 12.1 Å². The lowest BCUT2D eigenvalue weighted by Crippen LogP contribution is -2.22. The summed E-state index contributed by atoms with van der Waals surface area (Å²) in [6.07, 6.45) is 1.42. The lowest BCUT2D eigenvalue weighted by atomic mass is 10.2.